The van der Waals surface area contributed by atoms with E-state index >= 15 is 0 Å². The summed E-state index contributed by atoms with van der Waals surface area (Å²) in [6.45, 7) is 2.14. The molecule has 0 spiro atoms. The molecule has 1 aliphatic carbocycles. The van der Waals surface area contributed by atoms with Crippen LogP contribution in [0, 0.1) is 5.92 Å². The molecule has 2 rings (SSSR count). The molecule has 3 nitrogen and oxygen atoms in total. The predicted octanol–water partition coefficient (Wildman–Crippen LogP) is 4.45. The number of halogens is 2. The molecule has 0 aromatic carbocycles. The summed E-state index contributed by atoms with van der Waals surface area (Å²) in [6.07, 6.45) is 4.35. The second-order valence-corrected chi connectivity index (χ2v) is 10.0. The summed E-state index contributed by atoms with van der Waals surface area (Å²) in [6, 6.07) is 1.78. The van der Waals surface area contributed by atoms with Crippen molar-refractivity contribution in [3.05, 3.63) is 14.7 Å². The van der Waals surface area contributed by atoms with Crippen LogP contribution in [0.15, 0.2) is 14.7 Å². The van der Waals surface area contributed by atoms with Crippen LogP contribution in [0.25, 0.3) is 0 Å². The van der Waals surface area contributed by atoms with Crippen LogP contribution >= 0.6 is 38.9 Å². The topological polar surface area (TPSA) is 37.4 Å². The molecule has 1 aliphatic rings. The molecule has 0 aliphatic heterocycles. The molecule has 0 amide bonds. The van der Waals surface area contributed by atoms with E-state index in [1.54, 1.807) is 17.4 Å². The molecule has 1 saturated carbocycles. The zero-order valence-corrected chi connectivity index (χ0v) is 15.6. The summed E-state index contributed by atoms with van der Waals surface area (Å²) < 4.78 is 27.8. The Morgan fingerprint density at radius 1 is 1.45 bits per heavy atom. The number of nitrogens with zero attached hydrogens (tertiary/aromatic N) is 1. The van der Waals surface area contributed by atoms with Crippen molar-refractivity contribution in [1.29, 1.82) is 0 Å². The van der Waals surface area contributed by atoms with Crippen LogP contribution in [0.3, 0.4) is 0 Å². The third-order valence-corrected chi connectivity index (χ3v) is 8.61. The van der Waals surface area contributed by atoms with Crippen molar-refractivity contribution >= 4 is 48.9 Å². The number of thiophene rings is 1. The number of alkyl halides is 1. The van der Waals surface area contributed by atoms with Crippen molar-refractivity contribution in [2.45, 2.75) is 49.4 Å². The van der Waals surface area contributed by atoms with E-state index in [1.807, 2.05) is 0 Å². The molecule has 0 saturated heterocycles. The predicted molar refractivity (Wildman–Crippen MR) is 87.9 cm³/mol. The lowest BCUT2D eigenvalue weighted by atomic mass is 9.86. The molecule has 1 heterocycles. The van der Waals surface area contributed by atoms with Gasteiger partial charge < -0.3 is 0 Å². The van der Waals surface area contributed by atoms with Gasteiger partial charge in [0.2, 0.25) is 10.0 Å². The first kappa shape index (κ1) is 16.7. The van der Waals surface area contributed by atoms with Crippen molar-refractivity contribution in [2.75, 3.05) is 7.05 Å². The molecule has 114 valence electrons. The van der Waals surface area contributed by atoms with Gasteiger partial charge in [0.1, 0.15) is 4.90 Å². The van der Waals surface area contributed by atoms with Crippen LogP contribution in [0.4, 0.5) is 0 Å². The zero-order valence-electron chi connectivity index (χ0n) is 11.6. The Hall–Kier alpha value is 0.380. The van der Waals surface area contributed by atoms with Gasteiger partial charge in [0.05, 0.1) is 9.67 Å². The maximum absolute atomic E-state index is 12.8. The summed E-state index contributed by atoms with van der Waals surface area (Å²) in [5, 5.41) is 0. The van der Waals surface area contributed by atoms with Gasteiger partial charge in [-0.05, 0) is 40.8 Å². The van der Waals surface area contributed by atoms with E-state index in [-0.39, 0.29) is 6.04 Å². The molecule has 0 N–H and O–H groups in total. The van der Waals surface area contributed by atoms with Crippen LogP contribution < -0.4 is 0 Å². The smallest absolute Gasteiger partial charge is 0.207 e. The van der Waals surface area contributed by atoms with Gasteiger partial charge in [0, 0.05) is 18.0 Å². The monoisotopic (exact) mass is 399 g/mol. The minimum Gasteiger partial charge on any atom is -0.207 e. The minimum atomic E-state index is -3.45. The highest BCUT2D eigenvalue weighted by atomic mass is 79.9. The Morgan fingerprint density at radius 3 is 2.65 bits per heavy atom. The zero-order chi connectivity index (χ0) is 14.9. The van der Waals surface area contributed by atoms with Crippen molar-refractivity contribution in [2.24, 2.45) is 5.92 Å². The first-order chi connectivity index (χ1) is 9.37. The van der Waals surface area contributed by atoms with Gasteiger partial charge in [-0.2, -0.15) is 4.31 Å². The van der Waals surface area contributed by atoms with Gasteiger partial charge in [-0.1, -0.05) is 19.8 Å². The van der Waals surface area contributed by atoms with Gasteiger partial charge in [-0.25, -0.2) is 8.42 Å². The normalized spacial score (nSPS) is 24.2. The summed E-state index contributed by atoms with van der Waals surface area (Å²) >= 11 is 10.5. The van der Waals surface area contributed by atoms with Crippen LogP contribution in [0.2, 0.25) is 0 Å². The van der Waals surface area contributed by atoms with E-state index in [4.69, 9.17) is 11.6 Å². The lowest BCUT2D eigenvalue weighted by Crippen LogP contribution is -2.42. The second-order valence-electron chi connectivity index (χ2n) is 5.33. The molecule has 2 unspecified atom stereocenters. The van der Waals surface area contributed by atoms with E-state index in [0.29, 0.717) is 20.5 Å². The largest absolute Gasteiger partial charge is 0.245 e. The summed E-state index contributed by atoms with van der Waals surface area (Å²) in [5.74, 6) is 0.746. The highest BCUT2D eigenvalue weighted by molar-refractivity contribution is 9.11. The van der Waals surface area contributed by atoms with Gasteiger partial charge in [0.15, 0.2) is 0 Å². The minimum absolute atomic E-state index is 0.0972. The maximum atomic E-state index is 12.8. The maximum Gasteiger partial charge on any atom is 0.245 e. The van der Waals surface area contributed by atoms with Gasteiger partial charge in [-0.3, -0.25) is 0 Å². The Morgan fingerprint density at radius 2 is 2.10 bits per heavy atom. The van der Waals surface area contributed by atoms with Crippen LogP contribution in [0.1, 0.15) is 37.5 Å². The third-order valence-electron chi connectivity index (χ3n) is 4.03. The lowest BCUT2D eigenvalue weighted by Gasteiger charge is -2.35. The fourth-order valence-electron chi connectivity index (χ4n) is 2.81. The molecule has 7 heteroatoms. The number of sulfonamides is 1. The SMILES string of the molecule is CC1CCCCC1N(C)S(=O)(=O)c1cc(CCl)sc1Br. The van der Waals surface area contributed by atoms with E-state index < -0.39 is 10.0 Å². The third kappa shape index (κ3) is 3.24. The number of hydrogen-bond acceptors (Lipinski definition) is 3. The fraction of sp³-hybridized carbons (Fsp3) is 0.692. The Kier molecular flexibility index (Phi) is 5.57. The fourth-order valence-corrected chi connectivity index (χ4v) is 7.01. The highest BCUT2D eigenvalue weighted by Crippen LogP contribution is 2.37. The van der Waals surface area contributed by atoms with Crippen molar-refractivity contribution in [1.82, 2.24) is 4.31 Å². The highest BCUT2D eigenvalue weighted by Gasteiger charge is 2.34. The van der Waals surface area contributed by atoms with Crippen LogP contribution in [-0.2, 0) is 15.9 Å². The van der Waals surface area contributed by atoms with E-state index in [2.05, 4.69) is 22.9 Å². The quantitative estimate of drug-likeness (QED) is 0.700. The lowest BCUT2D eigenvalue weighted by molar-refractivity contribution is 0.213. The van der Waals surface area contributed by atoms with E-state index in [9.17, 15) is 8.42 Å². The molecule has 1 fully saturated rings. The first-order valence-electron chi connectivity index (χ1n) is 6.70. The second kappa shape index (κ2) is 6.65. The van der Waals surface area contributed by atoms with Gasteiger partial charge in [-0.15, -0.1) is 22.9 Å². The van der Waals surface area contributed by atoms with E-state index in [0.717, 1.165) is 24.1 Å². The molecule has 0 radical (unpaired) electrons. The Balaban J connectivity index is 2.31. The molecule has 2 atom stereocenters. The molecule has 1 aromatic rings. The van der Waals surface area contributed by atoms with Crippen molar-refractivity contribution in [3.63, 3.8) is 0 Å². The summed E-state index contributed by atoms with van der Waals surface area (Å²) in [7, 11) is -1.75. The van der Waals surface area contributed by atoms with Crippen LogP contribution in [0.5, 0.6) is 0 Å². The van der Waals surface area contributed by atoms with Crippen LogP contribution in [-0.4, -0.2) is 25.8 Å². The summed E-state index contributed by atoms with van der Waals surface area (Å²) in [5.41, 5.74) is 0. The average Bonchev–Trinajstić information content (AvgIpc) is 2.80. The molecular formula is C13H19BrClNO2S2. The molecule has 0 bridgehead atoms. The molecule has 20 heavy (non-hydrogen) atoms. The Labute approximate surface area is 138 Å². The molecule has 1 aromatic heterocycles. The van der Waals surface area contributed by atoms with Gasteiger partial charge >= 0.3 is 0 Å². The van der Waals surface area contributed by atoms with Gasteiger partial charge in [0.25, 0.3) is 0 Å². The summed E-state index contributed by atoms with van der Waals surface area (Å²) in [4.78, 5) is 1.21. The Bertz CT molecular complexity index is 573. The standard InChI is InChI=1S/C13H19BrClNO2S2/c1-9-5-3-4-6-11(9)16(2)20(17,18)12-7-10(8-15)19-13(12)14/h7,9,11H,3-6,8H2,1-2H3. The van der Waals surface area contributed by atoms with Crippen molar-refractivity contribution < 1.29 is 8.42 Å². The molecular weight excluding hydrogens is 382 g/mol. The van der Waals surface area contributed by atoms with E-state index in [1.165, 1.54) is 17.8 Å². The number of hydrogen-bond donors (Lipinski definition) is 0. The average molecular weight is 401 g/mol. The van der Waals surface area contributed by atoms with Crippen molar-refractivity contribution in [3.8, 4) is 0 Å². The first-order valence-corrected chi connectivity index (χ1v) is 10.3. The number of rotatable bonds is 4.